The van der Waals surface area contributed by atoms with Gasteiger partial charge in [-0.2, -0.15) is 5.26 Å². The molecule has 21 heavy (non-hydrogen) atoms. The Morgan fingerprint density at radius 3 is 2.48 bits per heavy atom. The highest BCUT2D eigenvalue weighted by Gasteiger charge is 2.20. The first-order chi connectivity index (χ1) is 9.85. The third kappa shape index (κ3) is 3.37. The quantitative estimate of drug-likeness (QED) is 0.728. The van der Waals surface area contributed by atoms with Crippen molar-refractivity contribution >= 4 is 53.3 Å². The van der Waals surface area contributed by atoms with Gasteiger partial charge in [0.05, 0.1) is 16.9 Å². The predicted octanol–water partition coefficient (Wildman–Crippen LogP) is 3.47. The van der Waals surface area contributed by atoms with Crippen molar-refractivity contribution in [3.63, 3.8) is 0 Å². The highest BCUT2D eigenvalue weighted by atomic mass is 79.9. The molecule has 0 heterocycles. The van der Waals surface area contributed by atoms with Crippen molar-refractivity contribution < 1.29 is 8.42 Å². The average Bonchev–Trinajstić information content (AvgIpc) is 2.43. The molecule has 2 rings (SSSR count). The number of hydrogen-bond donors (Lipinski definition) is 2. The summed E-state index contributed by atoms with van der Waals surface area (Å²) in [6, 6.07) is 11.1. The molecule has 2 aromatic rings. The van der Waals surface area contributed by atoms with Crippen LogP contribution in [0.4, 0.5) is 11.4 Å². The molecule has 0 radical (unpaired) electrons. The molecule has 0 unspecified atom stereocenters. The number of nitrogen functional groups attached to an aromatic ring is 1. The lowest BCUT2D eigenvalue weighted by atomic mass is 10.2. The molecule has 0 amide bonds. The van der Waals surface area contributed by atoms with E-state index in [1.807, 2.05) is 6.07 Å². The lowest BCUT2D eigenvalue weighted by Gasteiger charge is -2.13. The molecular formula is C13H9Br2N3O2S. The third-order valence-electron chi connectivity index (χ3n) is 2.62. The molecule has 0 aliphatic rings. The van der Waals surface area contributed by atoms with E-state index in [9.17, 15) is 8.42 Å². The fourth-order valence-electron chi connectivity index (χ4n) is 1.68. The number of nitriles is 1. The Morgan fingerprint density at radius 2 is 1.86 bits per heavy atom. The molecular weight excluding hydrogens is 422 g/mol. The van der Waals surface area contributed by atoms with Crippen molar-refractivity contribution in [1.29, 1.82) is 5.26 Å². The summed E-state index contributed by atoms with van der Waals surface area (Å²) in [5, 5.41) is 9.01. The van der Waals surface area contributed by atoms with Crippen LogP contribution >= 0.6 is 31.9 Å². The zero-order valence-electron chi connectivity index (χ0n) is 10.5. The van der Waals surface area contributed by atoms with Crippen LogP contribution in [0, 0.1) is 11.3 Å². The van der Waals surface area contributed by atoms with E-state index < -0.39 is 10.0 Å². The molecule has 8 heteroatoms. The second kappa shape index (κ2) is 6.05. The van der Waals surface area contributed by atoms with Gasteiger partial charge in [-0.25, -0.2) is 8.42 Å². The number of anilines is 2. The Labute approximate surface area is 139 Å². The van der Waals surface area contributed by atoms with Gasteiger partial charge >= 0.3 is 0 Å². The second-order valence-corrected chi connectivity index (χ2v) is 7.49. The number of nitrogens with one attached hydrogen (secondary N) is 1. The first-order valence-corrected chi connectivity index (χ1v) is 8.68. The Balaban J connectivity index is 2.51. The van der Waals surface area contributed by atoms with Crippen molar-refractivity contribution in [2.75, 3.05) is 10.5 Å². The highest BCUT2D eigenvalue weighted by Crippen LogP contribution is 2.34. The monoisotopic (exact) mass is 429 g/mol. The number of benzene rings is 2. The van der Waals surface area contributed by atoms with E-state index in [0.29, 0.717) is 8.95 Å². The van der Waals surface area contributed by atoms with Crippen molar-refractivity contribution in [1.82, 2.24) is 0 Å². The van der Waals surface area contributed by atoms with Gasteiger partial charge in [-0.3, -0.25) is 4.72 Å². The summed E-state index contributed by atoms with van der Waals surface area (Å²) in [4.78, 5) is -0.0956. The van der Waals surface area contributed by atoms with Gasteiger partial charge in [0.2, 0.25) is 0 Å². The van der Waals surface area contributed by atoms with Crippen molar-refractivity contribution in [3.8, 4) is 6.07 Å². The summed E-state index contributed by atoms with van der Waals surface area (Å²) >= 11 is 6.52. The minimum Gasteiger partial charge on any atom is -0.397 e. The molecule has 108 valence electrons. The summed E-state index contributed by atoms with van der Waals surface area (Å²) in [6.07, 6.45) is 0. The Kier molecular flexibility index (Phi) is 4.56. The Hall–Kier alpha value is -1.56. The maximum Gasteiger partial charge on any atom is 0.263 e. The van der Waals surface area contributed by atoms with Crippen LogP contribution in [-0.4, -0.2) is 8.42 Å². The SMILES string of the molecule is N#Cc1ccccc1S(=O)(=O)Nc1c(N)cc(Br)cc1Br. The molecule has 5 nitrogen and oxygen atoms in total. The van der Waals surface area contributed by atoms with E-state index in [0.717, 1.165) is 0 Å². The lowest BCUT2D eigenvalue weighted by molar-refractivity contribution is 0.601. The van der Waals surface area contributed by atoms with Crippen LogP contribution in [0.5, 0.6) is 0 Å². The fraction of sp³-hybridized carbons (Fsp3) is 0. The second-order valence-electron chi connectivity index (χ2n) is 4.07. The zero-order chi connectivity index (χ0) is 15.6. The van der Waals surface area contributed by atoms with Crippen LogP contribution in [0.1, 0.15) is 5.56 Å². The molecule has 0 saturated carbocycles. The van der Waals surface area contributed by atoms with Gasteiger partial charge in [0, 0.05) is 8.95 Å². The smallest absolute Gasteiger partial charge is 0.263 e. The number of hydrogen-bond acceptors (Lipinski definition) is 4. The third-order valence-corrected chi connectivity index (χ3v) is 5.11. The lowest BCUT2D eigenvalue weighted by Crippen LogP contribution is -2.16. The van der Waals surface area contributed by atoms with Crippen molar-refractivity contribution in [2.45, 2.75) is 4.90 Å². The molecule has 0 aliphatic carbocycles. The van der Waals surface area contributed by atoms with Gasteiger partial charge < -0.3 is 5.73 Å². The highest BCUT2D eigenvalue weighted by molar-refractivity contribution is 9.11. The molecule has 0 aliphatic heterocycles. The van der Waals surface area contributed by atoms with Gasteiger partial charge in [0.25, 0.3) is 10.0 Å². The molecule has 2 aromatic carbocycles. The number of nitrogens with zero attached hydrogens (tertiary/aromatic N) is 1. The number of sulfonamides is 1. The number of rotatable bonds is 3. The van der Waals surface area contributed by atoms with E-state index in [4.69, 9.17) is 11.0 Å². The van der Waals surface area contributed by atoms with Crippen LogP contribution in [0.15, 0.2) is 50.2 Å². The van der Waals surface area contributed by atoms with Gasteiger partial charge in [-0.15, -0.1) is 0 Å². The first kappa shape index (κ1) is 15.8. The van der Waals surface area contributed by atoms with E-state index in [1.54, 1.807) is 24.3 Å². The van der Waals surface area contributed by atoms with Crippen LogP contribution in [0.3, 0.4) is 0 Å². The van der Waals surface area contributed by atoms with Crippen molar-refractivity contribution in [3.05, 3.63) is 50.9 Å². The Morgan fingerprint density at radius 1 is 1.19 bits per heavy atom. The summed E-state index contributed by atoms with van der Waals surface area (Å²) in [5.41, 5.74) is 6.38. The van der Waals surface area contributed by atoms with E-state index in [-0.39, 0.29) is 21.8 Å². The van der Waals surface area contributed by atoms with E-state index in [1.165, 1.54) is 12.1 Å². The van der Waals surface area contributed by atoms with Crippen molar-refractivity contribution in [2.24, 2.45) is 0 Å². The van der Waals surface area contributed by atoms with E-state index in [2.05, 4.69) is 36.6 Å². The summed E-state index contributed by atoms with van der Waals surface area (Å²) in [7, 11) is -3.91. The van der Waals surface area contributed by atoms with Gasteiger partial charge in [0.1, 0.15) is 11.0 Å². The largest absolute Gasteiger partial charge is 0.397 e. The fourth-order valence-corrected chi connectivity index (χ4v) is 4.44. The minimum atomic E-state index is -3.91. The summed E-state index contributed by atoms with van der Waals surface area (Å²) < 4.78 is 28.5. The van der Waals surface area contributed by atoms with Gasteiger partial charge in [-0.1, -0.05) is 28.1 Å². The van der Waals surface area contributed by atoms with Gasteiger partial charge in [-0.05, 0) is 40.2 Å². The average molecular weight is 431 g/mol. The Bertz CT molecular complexity index is 822. The van der Waals surface area contributed by atoms with Crippen LogP contribution in [-0.2, 0) is 10.0 Å². The van der Waals surface area contributed by atoms with Crippen LogP contribution in [0.25, 0.3) is 0 Å². The maximum atomic E-state index is 12.4. The molecule has 0 fully saturated rings. The standard InChI is InChI=1S/C13H9Br2N3O2S/c14-9-5-10(15)13(11(17)6-9)18-21(19,20)12-4-2-1-3-8(12)7-16/h1-6,18H,17H2. The van der Waals surface area contributed by atoms with Crippen LogP contribution in [0.2, 0.25) is 0 Å². The van der Waals surface area contributed by atoms with E-state index >= 15 is 0 Å². The topological polar surface area (TPSA) is 96.0 Å². The molecule has 0 atom stereocenters. The van der Waals surface area contributed by atoms with Crippen LogP contribution < -0.4 is 10.5 Å². The molecule has 3 N–H and O–H groups in total. The summed E-state index contributed by atoms with van der Waals surface area (Å²) in [6.45, 7) is 0. The molecule has 0 aromatic heterocycles. The maximum absolute atomic E-state index is 12.4. The minimum absolute atomic E-state index is 0.0665. The van der Waals surface area contributed by atoms with Gasteiger partial charge in [0.15, 0.2) is 0 Å². The number of nitrogens with two attached hydrogens (primary N) is 1. The zero-order valence-corrected chi connectivity index (χ0v) is 14.5. The molecule has 0 bridgehead atoms. The normalized spacial score (nSPS) is 10.9. The number of halogens is 2. The molecule has 0 spiro atoms. The molecule has 0 saturated heterocycles. The summed E-state index contributed by atoms with van der Waals surface area (Å²) in [5.74, 6) is 0. The first-order valence-electron chi connectivity index (χ1n) is 5.61. The predicted molar refractivity (Wildman–Crippen MR) is 88.2 cm³/mol.